The van der Waals surface area contributed by atoms with Crippen molar-refractivity contribution in [1.82, 2.24) is 19.3 Å². The predicted molar refractivity (Wildman–Crippen MR) is 80.7 cm³/mol. The van der Waals surface area contributed by atoms with Crippen molar-refractivity contribution in [3.63, 3.8) is 0 Å². The number of aromatic nitrogens is 3. The second-order valence-electron chi connectivity index (χ2n) is 4.89. The van der Waals surface area contributed by atoms with Crippen LogP contribution in [0.5, 0.6) is 0 Å². The highest BCUT2D eigenvalue weighted by molar-refractivity contribution is 7.89. The highest BCUT2D eigenvalue weighted by Gasteiger charge is 2.17. The Bertz CT molecular complexity index is 725. The van der Waals surface area contributed by atoms with E-state index in [1.165, 1.54) is 18.4 Å². The lowest BCUT2D eigenvalue weighted by Gasteiger charge is -2.12. The standard InChI is InChI=1S/C13H17ClN4O2S/c1-10(14)13-9-18(16-15-13)8-11-5-4-6-12(7-11)21(19,20)17(2)3/h4-7,9-10H,8H2,1-3H3. The van der Waals surface area contributed by atoms with Gasteiger partial charge in [0.1, 0.15) is 5.69 Å². The number of sulfonamides is 1. The monoisotopic (exact) mass is 328 g/mol. The highest BCUT2D eigenvalue weighted by atomic mass is 35.5. The fourth-order valence-corrected chi connectivity index (χ4v) is 2.85. The fourth-order valence-electron chi connectivity index (χ4n) is 1.78. The lowest BCUT2D eigenvalue weighted by atomic mass is 10.2. The van der Waals surface area contributed by atoms with Crippen LogP contribution in [0.25, 0.3) is 0 Å². The molecule has 0 saturated carbocycles. The highest BCUT2D eigenvalue weighted by Crippen LogP contribution is 2.17. The molecule has 2 rings (SSSR count). The molecule has 0 spiro atoms. The summed E-state index contributed by atoms with van der Waals surface area (Å²) >= 11 is 5.94. The average Bonchev–Trinajstić information content (AvgIpc) is 2.87. The van der Waals surface area contributed by atoms with Gasteiger partial charge >= 0.3 is 0 Å². The van der Waals surface area contributed by atoms with Crippen LogP contribution in [-0.4, -0.2) is 41.8 Å². The molecule has 1 aromatic heterocycles. The van der Waals surface area contributed by atoms with Crippen LogP contribution in [-0.2, 0) is 16.6 Å². The van der Waals surface area contributed by atoms with Gasteiger partial charge in [0, 0.05) is 14.1 Å². The first-order valence-electron chi connectivity index (χ1n) is 6.36. The minimum atomic E-state index is -3.43. The molecule has 2 aromatic rings. The molecule has 1 atom stereocenters. The Morgan fingerprint density at radius 3 is 2.67 bits per heavy atom. The molecule has 0 fully saturated rings. The van der Waals surface area contributed by atoms with Gasteiger partial charge in [-0.25, -0.2) is 17.4 Å². The van der Waals surface area contributed by atoms with Gasteiger partial charge < -0.3 is 0 Å². The Labute approximate surface area is 129 Å². The fraction of sp³-hybridized carbons (Fsp3) is 0.385. The van der Waals surface area contributed by atoms with Crippen molar-refractivity contribution in [2.75, 3.05) is 14.1 Å². The van der Waals surface area contributed by atoms with Crippen LogP contribution in [0.3, 0.4) is 0 Å². The molecular formula is C13H17ClN4O2S. The number of rotatable bonds is 5. The Kier molecular flexibility index (Phi) is 4.65. The van der Waals surface area contributed by atoms with Crippen molar-refractivity contribution >= 4 is 21.6 Å². The van der Waals surface area contributed by atoms with Crippen LogP contribution in [0.15, 0.2) is 35.4 Å². The van der Waals surface area contributed by atoms with E-state index in [4.69, 9.17) is 11.6 Å². The van der Waals surface area contributed by atoms with E-state index < -0.39 is 10.0 Å². The van der Waals surface area contributed by atoms with Crippen molar-refractivity contribution < 1.29 is 8.42 Å². The maximum absolute atomic E-state index is 12.1. The summed E-state index contributed by atoms with van der Waals surface area (Å²) in [7, 11) is -0.418. The van der Waals surface area contributed by atoms with Crippen LogP contribution >= 0.6 is 11.6 Å². The molecule has 0 bridgehead atoms. The Morgan fingerprint density at radius 2 is 2.10 bits per heavy atom. The van der Waals surface area contributed by atoms with Gasteiger partial charge in [0.2, 0.25) is 10.0 Å². The maximum Gasteiger partial charge on any atom is 0.242 e. The van der Waals surface area contributed by atoms with Gasteiger partial charge in [-0.1, -0.05) is 17.3 Å². The Morgan fingerprint density at radius 1 is 1.38 bits per heavy atom. The van der Waals surface area contributed by atoms with E-state index in [2.05, 4.69) is 10.3 Å². The number of nitrogens with zero attached hydrogens (tertiary/aromatic N) is 4. The summed E-state index contributed by atoms with van der Waals surface area (Å²) in [5.41, 5.74) is 1.52. The van der Waals surface area contributed by atoms with Crippen LogP contribution in [0.1, 0.15) is 23.6 Å². The first kappa shape index (κ1) is 15.9. The van der Waals surface area contributed by atoms with Gasteiger partial charge in [0.05, 0.1) is 23.0 Å². The van der Waals surface area contributed by atoms with Crippen LogP contribution in [0.4, 0.5) is 0 Å². The molecule has 0 amide bonds. The average molecular weight is 329 g/mol. The number of hydrogen-bond donors (Lipinski definition) is 0. The van der Waals surface area contributed by atoms with E-state index >= 15 is 0 Å². The van der Waals surface area contributed by atoms with E-state index in [9.17, 15) is 8.42 Å². The number of alkyl halides is 1. The van der Waals surface area contributed by atoms with Crippen LogP contribution in [0.2, 0.25) is 0 Å². The van der Waals surface area contributed by atoms with Crippen LogP contribution in [0, 0.1) is 0 Å². The van der Waals surface area contributed by atoms with Gasteiger partial charge in [0.25, 0.3) is 0 Å². The van der Waals surface area contributed by atoms with Gasteiger partial charge in [-0.3, -0.25) is 0 Å². The second kappa shape index (κ2) is 6.13. The molecule has 21 heavy (non-hydrogen) atoms. The number of halogens is 1. The van der Waals surface area contributed by atoms with Crippen molar-refractivity contribution in [3.05, 3.63) is 41.7 Å². The number of hydrogen-bond acceptors (Lipinski definition) is 4. The summed E-state index contributed by atoms with van der Waals surface area (Å²) in [4.78, 5) is 0.260. The Hall–Kier alpha value is -1.44. The normalized spacial score (nSPS) is 13.6. The van der Waals surface area contributed by atoms with E-state index in [1.54, 1.807) is 29.1 Å². The molecule has 1 heterocycles. The molecule has 0 saturated heterocycles. The summed E-state index contributed by atoms with van der Waals surface area (Å²) in [6.45, 7) is 2.26. The molecule has 0 radical (unpaired) electrons. The summed E-state index contributed by atoms with van der Waals surface area (Å²) in [5.74, 6) is 0. The number of benzene rings is 1. The topological polar surface area (TPSA) is 68.1 Å². The zero-order valence-corrected chi connectivity index (χ0v) is 13.6. The summed E-state index contributed by atoms with van der Waals surface area (Å²) in [6, 6.07) is 6.78. The zero-order chi connectivity index (χ0) is 15.6. The molecule has 0 N–H and O–H groups in total. The molecule has 1 unspecified atom stereocenters. The lowest BCUT2D eigenvalue weighted by molar-refractivity contribution is 0.520. The molecule has 114 valence electrons. The largest absolute Gasteiger partial charge is 0.248 e. The van der Waals surface area contributed by atoms with E-state index in [0.29, 0.717) is 12.2 Å². The van der Waals surface area contributed by atoms with Gasteiger partial charge in [0.15, 0.2) is 0 Å². The third kappa shape index (κ3) is 3.61. The smallest absolute Gasteiger partial charge is 0.242 e. The van der Waals surface area contributed by atoms with Crippen molar-refractivity contribution in [3.8, 4) is 0 Å². The maximum atomic E-state index is 12.1. The third-order valence-electron chi connectivity index (χ3n) is 2.99. The quantitative estimate of drug-likeness (QED) is 0.786. The van der Waals surface area contributed by atoms with Gasteiger partial charge in [-0.15, -0.1) is 16.7 Å². The molecule has 8 heteroatoms. The molecule has 1 aromatic carbocycles. The summed E-state index contributed by atoms with van der Waals surface area (Å²) in [5, 5.41) is 7.74. The zero-order valence-electron chi connectivity index (χ0n) is 12.1. The molecular weight excluding hydrogens is 312 g/mol. The van der Waals surface area contributed by atoms with Crippen molar-refractivity contribution in [1.29, 1.82) is 0 Å². The summed E-state index contributed by atoms with van der Waals surface area (Å²) < 4.78 is 27.0. The van der Waals surface area contributed by atoms with Crippen molar-refractivity contribution in [2.24, 2.45) is 0 Å². The third-order valence-corrected chi connectivity index (χ3v) is 5.02. The molecule has 0 aliphatic heterocycles. The SMILES string of the molecule is CC(Cl)c1cn(Cc2cccc(S(=O)(=O)N(C)C)c2)nn1. The van der Waals surface area contributed by atoms with E-state index in [-0.39, 0.29) is 10.3 Å². The second-order valence-corrected chi connectivity index (χ2v) is 7.70. The first-order chi connectivity index (χ1) is 9.80. The van der Waals surface area contributed by atoms with Gasteiger partial charge in [-0.05, 0) is 24.6 Å². The molecule has 6 nitrogen and oxygen atoms in total. The first-order valence-corrected chi connectivity index (χ1v) is 8.24. The lowest BCUT2D eigenvalue weighted by Crippen LogP contribution is -2.22. The predicted octanol–water partition coefficient (Wildman–Crippen LogP) is 1.88. The van der Waals surface area contributed by atoms with Crippen molar-refractivity contribution in [2.45, 2.75) is 23.7 Å². The Balaban J connectivity index is 2.25. The minimum Gasteiger partial charge on any atom is -0.248 e. The van der Waals surface area contributed by atoms with Crippen LogP contribution < -0.4 is 0 Å². The molecule has 0 aliphatic rings. The minimum absolute atomic E-state index is 0.209. The molecule has 0 aliphatic carbocycles. The van der Waals surface area contributed by atoms with E-state index in [0.717, 1.165) is 5.56 Å². The summed E-state index contributed by atoms with van der Waals surface area (Å²) in [6.07, 6.45) is 1.75. The van der Waals surface area contributed by atoms with Gasteiger partial charge in [-0.2, -0.15) is 0 Å². The van der Waals surface area contributed by atoms with E-state index in [1.807, 2.05) is 13.0 Å².